The molecule has 196 valence electrons. The molecule has 9 heteroatoms. The first-order valence-corrected chi connectivity index (χ1v) is 13.1. The Balaban J connectivity index is 1.88. The SMILES string of the molecule is CC(=O)N1c2ccc(C(=O)NCCN(C)C)cc2N=C2CC(C)(C)CC(=O)C2C1c1ccc(Cl)cc1Cl. The summed E-state index contributed by atoms with van der Waals surface area (Å²) < 4.78 is 0. The van der Waals surface area contributed by atoms with Crippen LogP contribution < -0.4 is 10.2 Å². The Morgan fingerprint density at radius 1 is 1.14 bits per heavy atom. The minimum atomic E-state index is -0.689. The summed E-state index contributed by atoms with van der Waals surface area (Å²) in [5, 5.41) is 3.76. The van der Waals surface area contributed by atoms with Crippen molar-refractivity contribution in [3.63, 3.8) is 0 Å². The summed E-state index contributed by atoms with van der Waals surface area (Å²) in [5.41, 5.74) is 2.48. The molecule has 1 heterocycles. The van der Waals surface area contributed by atoms with Crippen LogP contribution >= 0.6 is 23.2 Å². The second kappa shape index (κ2) is 10.6. The van der Waals surface area contributed by atoms with Crippen LogP contribution in [0.1, 0.15) is 55.6 Å². The number of hydrogen-bond donors (Lipinski definition) is 1. The molecule has 2 amide bonds. The first-order chi connectivity index (χ1) is 17.4. The van der Waals surface area contributed by atoms with E-state index in [1.54, 1.807) is 41.3 Å². The molecule has 0 aromatic heterocycles. The van der Waals surface area contributed by atoms with Crippen LogP contribution in [0.3, 0.4) is 0 Å². The Morgan fingerprint density at radius 2 is 1.86 bits per heavy atom. The minimum absolute atomic E-state index is 0.00623. The van der Waals surface area contributed by atoms with Crippen LogP contribution in [0.2, 0.25) is 10.0 Å². The Kier molecular flexibility index (Phi) is 7.79. The van der Waals surface area contributed by atoms with Gasteiger partial charge in [0.1, 0.15) is 5.78 Å². The highest BCUT2D eigenvalue weighted by Crippen LogP contribution is 2.49. The van der Waals surface area contributed by atoms with E-state index < -0.39 is 12.0 Å². The largest absolute Gasteiger partial charge is 0.351 e. The van der Waals surface area contributed by atoms with Gasteiger partial charge in [-0.15, -0.1) is 0 Å². The van der Waals surface area contributed by atoms with E-state index in [1.165, 1.54) is 6.92 Å². The molecule has 2 unspecified atom stereocenters. The quantitative estimate of drug-likeness (QED) is 0.542. The van der Waals surface area contributed by atoms with Crippen molar-refractivity contribution in [3.8, 4) is 0 Å². The predicted octanol–water partition coefficient (Wildman–Crippen LogP) is 5.47. The lowest BCUT2D eigenvalue weighted by Gasteiger charge is -2.41. The number of nitrogens with zero attached hydrogens (tertiary/aromatic N) is 3. The summed E-state index contributed by atoms with van der Waals surface area (Å²) in [6.07, 6.45) is 0.940. The van der Waals surface area contributed by atoms with Crippen molar-refractivity contribution in [3.05, 3.63) is 57.6 Å². The third kappa shape index (κ3) is 5.74. The second-order valence-corrected chi connectivity index (χ2v) is 11.7. The Labute approximate surface area is 227 Å². The fourth-order valence-corrected chi connectivity index (χ4v) is 5.75. The molecule has 37 heavy (non-hydrogen) atoms. The molecule has 0 saturated heterocycles. The van der Waals surface area contributed by atoms with Gasteiger partial charge in [-0.05, 0) is 61.8 Å². The van der Waals surface area contributed by atoms with E-state index in [1.807, 2.05) is 32.8 Å². The van der Waals surface area contributed by atoms with Crippen LogP contribution in [0.15, 0.2) is 41.4 Å². The summed E-state index contributed by atoms with van der Waals surface area (Å²) in [6.45, 7) is 6.75. The van der Waals surface area contributed by atoms with Gasteiger partial charge in [0.05, 0.1) is 23.3 Å². The average Bonchev–Trinajstić information content (AvgIpc) is 2.91. The second-order valence-electron chi connectivity index (χ2n) is 10.8. The summed E-state index contributed by atoms with van der Waals surface area (Å²) in [5.74, 6) is -1.14. The van der Waals surface area contributed by atoms with E-state index in [-0.39, 0.29) is 23.0 Å². The number of likely N-dealkylation sites (N-methyl/N-ethyl adjacent to an activating group) is 1. The van der Waals surface area contributed by atoms with Gasteiger partial charge in [0, 0.05) is 47.8 Å². The molecule has 2 aliphatic rings. The standard InChI is InChI=1S/C28H32Cl2N4O3/c1-16(35)34-23-9-6-17(27(37)31-10-11-33(4)5)12-21(23)32-22-14-28(2,3)15-24(36)25(22)26(34)19-8-7-18(29)13-20(19)30/h6-9,12-13,25-26H,10-11,14-15H2,1-5H3,(H,31,37). The van der Waals surface area contributed by atoms with Crippen LogP contribution in [-0.4, -0.2) is 55.4 Å². The van der Waals surface area contributed by atoms with Gasteiger partial charge < -0.3 is 15.1 Å². The maximum Gasteiger partial charge on any atom is 0.251 e. The van der Waals surface area contributed by atoms with Gasteiger partial charge in [-0.1, -0.05) is 43.1 Å². The number of nitrogens with one attached hydrogen (secondary N) is 1. The zero-order valence-electron chi connectivity index (χ0n) is 21.8. The van der Waals surface area contributed by atoms with Crippen LogP contribution in [0.5, 0.6) is 0 Å². The van der Waals surface area contributed by atoms with E-state index in [4.69, 9.17) is 28.2 Å². The highest BCUT2D eigenvalue weighted by molar-refractivity contribution is 6.35. The number of ketones is 1. The Bertz CT molecular complexity index is 1290. The smallest absolute Gasteiger partial charge is 0.251 e. The van der Waals surface area contributed by atoms with Crippen LogP contribution in [0.25, 0.3) is 0 Å². The van der Waals surface area contributed by atoms with Crippen molar-refractivity contribution in [1.29, 1.82) is 0 Å². The third-order valence-corrected chi connectivity index (χ3v) is 7.40. The van der Waals surface area contributed by atoms with Crippen molar-refractivity contribution in [2.45, 2.75) is 39.7 Å². The van der Waals surface area contributed by atoms with E-state index in [2.05, 4.69) is 5.32 Å². The fraction of sp³-hybridized carbons (Fsp3) is 0.429. The molecule has 1 N–H and O–H groups in total. The van der Waals surface area contributed by atoms with E-state index >= 15 is 0 Å². The number of carbonyl (C=O) groups is 3. The van der Waals surface area contributed by atoms with Crippen LogP contribution in [0.4, 0.5) is 11.4 Å². The normalized spacial score (nSPS) is 20.6. The number of Topliss-reactive ketones (excluding diaryl/α,β-unsaturated/α-hetero) is 1. The Morgan fingerprint density at radius 3 is 2.51 bits per heavy atom. The van der Waals surface area contributed by atoms with Crippen molar-refractivity contribution in [2.24, 2.45) is 16.3 Å². The van der Waals surface area contributed by atoms with E-state index in [0.29, 0.717) is 64.2 Å². The highest BCUT2D eigenvalue weighted by Gasteiger charge is 2.47. The van der Waals surface area contributed by atoms with Crippen LogP contribution in [-0.2, 0) is 9.59 Å². The van der Waals surface area contributed by atoms with Gasteiger partial charge in [0.25, 0.3) is 5.91 Å². The molecule has 1 aliphatic heterocycles. The number of anilines is 1. The summed E-state index contributed by atoms with van der Waals surface area (Å²) in [6, 6.07) is 9.52. The van der Waals surface area contributed by atoms with Crippen molar-refractivity contribution < 1.29 is 14.4 Å². The average molecular weight is 543 g/mol. The third-order valence-electron chi connectivity index (χ3n) is 6.84. The first-order valence-electron chi connectivity index (χ1n) is 12.3. The molecule has 0 bridgehead atoms. The zero-order valence-corrected chi connectivity index (χ0v) is 23.3. The molecule has 0 spiro atoms. The maximum atomic E-state index is 13.7. The molecule has 1 fully saturated rings. The lowest BCUT2D eigenvalue weighted by atomic mass is 9.68. The molecule has 4 rings (SSSR count). The van der Waals surface area contributed by atoms with Crippen LogP contribution in [0, 0.1) is 11.3 Å². The number of benzene rings is 2. The number of fused-ring (bicyclic) bond motifs is 2. The molecular formula is C28H32Cl2N4O3. The number of rotatable bonds is 5. The molecule has 7 nitrogen and oxygen atoms in total. The fourth-order valence-electron chi connectivity index (χ4n) is 5.23. The maximum absolute atomic E-state index is 13.7. The Hall–Kier alpha value is -2.74. The van der Waals surface area contributed by atoms with E-state index in [0.717, 1.165) is 0 Å². The monoisotopic (exact) mass is 542 g/mol. The van der Waals surface area contributed by atoms with Gasteiger partial charge in [-0.3, -0.25) is 19.4 Å². The lowest BCUT2D eigenvalue weighted by molar-refractivity contribution is -0.124. The van der Waals surface area contributed by atoms with E-state index in [9.17, 15) is 14.4 Å². The number of carbonyl (C=O) groups excluding carboxylic acids is 3. The summed E-state index contributed by atoms with van der Waals surface area (Å²) in [4.78, 5) is 48.3. The van der Waals surface area contributed by atoms with Gasteiger partial charge in [-0.25, -0.2) is 0 Å². The number of halogens is 2. The lowest BCUT2D eigenvalue weighted by Crippen LogP contribution is -2.47. The van der Waals surface area contributed by atoms with Crippen molar-refractivity contribution in [1.82, 2.24) is 10.2 Å². The molecular weight excluding hydrogens is 511 g/mol. The molecule has 2 aromatic rings. The molecule has 2 atom stereocenters. The van der Waals surface area contributed by atoms with Gasteiger partial charge in [0.15, 0.2) is 0 Å². The summed E-state index contributed by atoms with van der Waals surface area (Å²) in [7, 11) is 3.88. The topological polar surface area (TPSA) is 82.1 Å². The van der Waals surface area contributed by atoms with Gasteiger partial charge in [0.2, 0.25) is 5.91 Å². The van der Waals surface area contributed by atoms with Gasteiger partial charge >= 0.3 is 0 Å². The number of aliphatic imine (C=N–C) groups is 1. The molecule has 2 aromatic carbocycles. The minimum Gasteiger partial charge on any atom is -0.351 e. The highest BCUT2D eigenvalue weighted by atomic mass is 35.5. The molecule has 1 aliphatic carbocycles. The van der Waals surface area contributed by atoms with Crippen molar-refractivity contribution >= 4 is 57.9 Å². The zero-order chi connectivity index (χ0) is 27.1. The predicted molar refractivity (Wildman–Crippen MR) is 148 cm³/mol. The van der Waals surface area contributed by atoms with Gasteiger partial charge in [-0.2, -0.15) is 0 Å². The molecule has 1 saturated carbocycles. The summed E-state index contributed by atoms with van der Waals surface area (Å²) >= 11 is 12.8. The number of hydrogen-bond acceptors (Lipinski definition) is 5. The first kappa shape index (κ1) is 27.3. The number of amides is 2. The van der Waals surface area contributed by atoms with Crippen molar-refractivity contribution in [2.75, 3.05) is 32.1 Å². The molecule has 0 radical (unpaired) electrons.